The third-order valence-corrected chi connectivity index (χ3v) is 3.50. The number of amides is 2. The number of imidazole rings is 1. The number of primary amides is 1. The van der Waals surface area contributed by atoms with Gasteiger partial charge in [0.2, 0.25) is 0 Å². The zero-order valence-corrected chi connectivity index (χ0v) is 11.6. The standard InChI is InChI=1S/C14H17N5O2/c15-14(20)19-8-11(7-18-5-4-17-13(18)9-19)10-21-12-2-1-3-16-6-12/h1-6,11H,7-10H2,(H2,15,20). The molecule has 0 aliphatic carbocycles. The van der Waals surface area contributed by atoms with E-state index in [2.05, 4.69) is 9.97 Å². The number of nitrogens with zero attached hydrogens (tertiary/aromatic N) is 4. The summed E-state index contributed by atoms with van der Waals surface area (Å²) in [6.07, 6.45) is 7.02. The molecule has 0 fully saturated rings. The van der Waals surface area contributed by atoms with E-state index in [1.807, 2.05) is 22.9 Å². The molecule has 7 heteroatoms. The van der Waals surface area contributed by atoms with Crippen LogP contribution in [0.25, 0.3) is 0 Å². The van der Waals surface area contributed by atoms with Crippen LogP contribution in [-0.2, 0) is 13.1 Å². The van der Waals surface area contributed by atoms with Crippen LogP contribution in [-0.4, -0.2) is 38.6 Å². The summed E-state index contributed by atoms with van der Waals surface area (Å²) >= 11 is 0. The first kappa shape index (κ1) is 13.4. The summed E-state index contributed by atoms with van der Waals surface area (Å²) in [7, 11) is 0. The van der Waals surface area contributed by atoms with Gasteiger partial charge >= 0.3 is 6.03 Å². The maximum atomic E-state index is 11.5. The number of aromatic nitrogens is 3. The second-order valence-corrected chi connectivity index (χ2v) is 5.08. The molecule has 3 rings (SSSR count). The molecule has 7 nitrogen and oxygen atoms in total. The van der Waals surface area contributed by atoms with E-state index in [0.717, 1.165) is 18.1 Å². The maximum absolute atomic E-state index is 11.5. The van der Waals surface area contributed by atoms with Gasteiger partial charge in [-0.3, -0.25) is 4.98 Å². The van der Waals surface area contributed by atoms with Crippen LogP contribution in [0.1, 0.15) is 5.82 Å². The van der Waals surface area contributed by atoms with Crippen LogP contribution < -0.4 is 10.5 Å². The van der Waals surface area contributed by atoms with Gasteiger partial charge in [-0.05, 0) is 12.1 Å². The predicted octanol–water partition coefficient (Wildman–Crippen LogP) is 0.868. The summed E-state index contributed by atoms with van der Waals surface area (Å²) in [6.45, 7) is 2.23. The average molecular weight is 287 g/mol. The van der Waals surface area contributed by atoms with Crippen molar-refractivity contribution >= 4 is 6.03 Å². The SMILES string of the molecule is NC(=O)N1Cc2nccn2CC(COc2cccnc2)C1. The van der Waals surface area contributed by atoms with Gasteiger partial charge in [-0.2, -0.15) is 0 Å². The molecule has 0 bridgehead atoms. The van der Waals surface area contributed by atoms with Crippen molar-refractivity contribution in [1.29, 1.82) is 0 Å². The highest BCUT2D eigenvalue weighted by Gasteiger charge is 2.24. The lowest BCUT2D eigenvalue weighted by Crippen LogP contribution is -2.39. The zero-order valence-electron chi connectivity index (χ0n) is 11.6. The summed E-state index contributed by atoms with van der Waals surface area (Å²) in [5.74, 6) is 1.71. The predicted molar refractivity (Wildman–Crippen MR) is 75.4 cm³/mol. The monoisotopic (exact) mass is 287 g/mol. The highest BCUT2D eigenvalue weighted by molar-refractivity contribution is 5.71. The topological polar surface area (TPSA) is 86.3 Å². The molecule has 2 aromatic rings. The van der Waals surface area contributed by atoms with Crippen molar-refractivity contribution < 1.29 is 9.53 Å². The third-order valence-electron chi connectivity index (χ3n) is 3.50. The number of urea groups is 1. The van der Waals surface area contributed by atoms with Gasteiger partial charge in [0.1, 0.15) is 11.6 Å². The van der Waals surface area contributed by atoms with Crippen molar-refractivity contribution in [3.8, 4) is 5.75 Å². The van der Waals surface area contributed by atoms with Crippen molar-refractivity contribution in [2.24, 2.45) is 11.7 Å². The Kier molecular flexibility index (Phi) is 3.72. The highest BCUT2D eigenvalue weighted by Crippen LogP contribution is 2.17. The number of nitrogens with two attached hydrogens (primary N) is 1. The van der Waals surface area contributed by atoms with Gasteiger partial charge in [-0.1, -0.05) is 0 Å². The van der Waals surface area contributed by atoms with Crippen LogP contribution in [0.5, 0.6) is 5.75 Å². The number of ether oxygens (including phenoxy) is 1. The Morgan fingerprint density at radius 2 is 2.33 bits per heavy atom. The third kappa shape index (κ3) is 3.13. The molecule has 110 valence electrons. The molecule has 0 saturated carbocycles. The quantitative estimate of drug-likeness (QED) is 0.907. The molecule has 0 saturated heterocycles. The van der Waals surface area contributed by atoms with Gasteiger partial charge in [-0.15, -0.1) is 0 Å². The first-order valence-electron chi connectivity index (χ1n) is 6.79. The first-order valence-corrected chi connectivity index (χ1v) is 6.79. The fourth-order valence-electron chi connectivity index (χ4n) is 2.46. The molecule has 1 unspecified atom stereocenters. The summed E-state index contributed by atoms with van der Waals surface area (Å²) in [6, 6.07) is 3.25. The highest BCUT2D eigenvalue weighted by atomic mass is 16.5. The van der Waals surface area contributed by atoms with Crippen LogP contribution >= 0.6 is 0 Å². The van der Waals surface area contributed by atoms with E-state index in [9.17, 15) is 4.79 Å². The van der Waals surface area contributed by atoms with Crippen molar-refractivity contribution in [1.82, 2.24) is 19.4 Å². The first-order chi connectivity index (χ1) is 10.2. The van der Waals surface area contributed by atoms with Gasteiger partial charge < -0.3 is 19.9 Å². The molecule has 1 atom stereocenters. The van der Waals surface area contributed by atoms with Gasteiger partial charge in [0.25, 0.3) is 0 Å². The number of pyridine rings is 1. The number of rotatable bonds is 3. The van der Waals surface area contributed by atoms with Crippen LogP contribution in [0.15, 0.2) is 36.9 Å². The van der Waals surface area contributed by atoms with E-state index in [-0.39, 0.29) is 5.92 Å². The second kappa shape index (κ2) is 5.82. The Morgan fingerprint density at radius 1 is 1.43 bits per heavy atom. The van der Waals surface area contributed by atoms with Gasteiger partial charge in [-0.25, -0.2) is 9.78 Å². The summed E-state index contributed by atoms with van der Waals surface area (Å²) in [5.41, 5.74) is 5.43. The van der Waals surface area contributed by atoms with Crippen LogP contribution in [0, 0.1) is 5.92 Å². The van der Waals surface area contributed by atoms with Crippen molar-refractivity contribution in [2.45, 2.75) is 13.1 Å². The Balaban J connectivity index is 1.71. The second-order valence-electron chi connectivity index (χ2n) is 5.08. The maximum Gasteiger partial charge on any atom is 0.315 e. The largest absolute Gasteiger partial charge is 0.492 e. The Labute approximate surface area is 122 Å². The minimum absolute atomic E-state index is 0.146. The fraction of sp³-hybridized carbons (Fsp3) is 0.357. The van der Waals surface area contributed by atoms with E-state index in [4.69, 9.17) is 10.5 Å². The summed E-state index contributed by atoms with van der Waals surface area (Å²) in [5, 5.41) is 0. The Morgan fingerprint density at radius 3 is 3.10 bits per heavy atom. The number of carbonyl (C=O) groups excluding carboxylic acids is 1. The van der Waals surface area contributed by atoms with E-state index < -0.39 is 6.03 Å². The average Bonchev–Trinajstić information content (AvgIpc) is 2.84. The zero-order chi connectivity index (χ0) is 14.7. The molecule has 0 aromatic carbocycles. The Hall–Kier alpha value is -2.57. The Bertz CT molecular complexity index is 613. The van der Waals surface area contributed by atoms with Crippen molar-refractivity contribution in [3.63, 3.8) is 0 Å². The van der Waals surface area contributed by atoms with Crippen LogP contribution in [0.2, 0.25) is 0 Å². The van der Waals surface area contributed by atoms with Gasteiger partial charge in [0, 0.05) is 37.6 Å². The normalized spacial score (nSPS) is 17.9. The van der Waals surface area contributed by atoms with E-state index in [1.165, 1.54) is 0 Å². The molecule has 1 aliphatic rings. The molecule has 3 heterocycles. The van der Waals surface area contributed by atoms with E-state index in [1.54, 1.807) is 23.5 Å². The van der Waals surface area contributed by atoms with Crippen LogP contribution in [0.3, 0.4) is 0 Å². The van der Waals surface area contributed by atoms with E-state index in [0.29, 0.717) is 19.7 Å². The molecule has 21 heavy (non-hydrogen) atoms. The van der Waals surface area contributed by atoms with Gasteiger partial charge in [0.15, 0.2) is 0 Å². The molecule has 0 radical (unpaired) electrons. The molecule has 2 aromatic heterocycles. The van der Waals surface area contributed by atoms with Gasteiger partial charge in [0.05, 0.1) is 19.3 Å². The van der Waals surface area contributed by atoms with Crippen molar-refractivity contribution in [3.05, 3.63) is 42.7 Å². The van der Waals surface area contributed by atoms with Crippen molar-refractivity contribution in [2.75, 3.05) is 13.2 Å². The minimum Gasteiger partial charge on any atom is -0.492 e. The minimum atomic E-state index is -0.433. The summed E-state index contributed by atoms with van der Waals surface area (Å²) in [4.78, 5) is 21.4. The molecular weight excluding hydrogens is 270 g/mol. The molecule has 0 spiro atoms. The number of fused-ring (bicyclic) bond motifs is 1. The number of hydrogen-bond acceptors (Lipinski definition) is 4. The molecule has 2 N–H and O–H groups in total. The number of carbonyl (C=O) groups is 1. The van der Waals surface area contributed by atoms with Crippen LogP contribution in [0.4, 0.5) is 4.79 Å². The summed E-state index contributed by atoms with van der Waals surface area (Å²) < 4.78 is 7.79. The lowest BCUT2D eigenvalue weighted by molar-refractivity contribution is 0.172. The molecular formula is C14H17N5O2. The lowest BCUT2D eigenvalue weighted by Gasteiger charge is -2.22. The molecule has 1 aliphatic heterocycles. The number of hydrogen-bond donors (Lipinski definition) is 1. The fourth-order valence-corrected chi connectivity index (χ4v) is 2.46. The smallest absolute Gasteiger partial charge is 0.315 e. The lowest BCUT2D eigenvalue weighted by atomic mass is 10.1. The van der Waals surface area contributed by atoms with E-state index >= 15 is 0 Å². The molecule has 2 amide bonds.